The number of aliphatic hydroxyl groups is 1. The van der Waals surface area contributed by atoms with Gasteiger partial charge in [0.05, 0.1) is 0 Å². The van der Waals surface area contributed by atoms with Crippen LogP contribution in [0.3, 0.4) is 0 Å². The second-order valence-corrected chi connectivity index (χ2v) is 4.25. The molecule has 0 saturated heterocycles. The number of urea groups is 1. The lowest BCUT2D eigenvalue weighted by atomic mass is 9.94. The van der Waals surface area contributed by atoms with Gasteiger partial charge in [0.2, 0.25) is 0 Å². The van der Waals surface area contributed by atoms with Crippen molar-refractivity contribution in [3.05, 3.63) is 0 Å². The van der Waals surface area contributed by atoms with E-state index >= 15 is 0 Å². The molecule has 0 spiro atoms. The predicted molar refractivity (Wildman–Crippen MR) is 61.7 cm³/mol. The smallest absolute Gasteiger partial charge is 0.314 e. The van der Waals surface area contributed by atoms with Crippen LogP contribution in [0.2, 0.25) is 0 Å². The molecular weight excluding hydrogens is 192 g/mol. The minimum Gasteiger partial charge on any atom is -0.396 e. The lowest BCUT2D eigenvalue weighted by Gasteiger charge is -2.18. The summed E-state index contributed by atoms with van der Waals surface area (Å²) in [5.74, 6) is 0.968. The van der Waals surface area contributed by atoms with E-state index in [1.165, 1.54) is 0 Å². The zero-order valence-electron chi connectivity index (χ0n) is 10.0. The number of carbonyl (C=O) groups is 1. The van der Waals surface area contributed by atoms with Gasteiger partial charge in [0.1, 0.15) is 0 Å². The highest BCUT2D eigenvalue weighted by molar-refractivity contribution is 5.73. The first-order valence-corrected chi connectivity index (χ1v) is 5.72. The first-order valence-electron chi connectivity index (χ1n) is 5.72. The fourth-order valence-electron chi connectivity index (χ4n) is 1.61. The average Bonchev–Trinajstić information content (AvgIpc) is 2.14. The van der Waals surface area contributed by atoms with Crippen LogP contribution in [0.5, 0.6) is 0 Å². The van der Waals surface area contributed by atoms with Crippen molar-refractivity contribution in [3.63, 3.8) is 0 Å². The molecule has 0 aromatic rings. The third kappa shape index (κ3) is 8.24. The van der Waals surface area contributed by atoms with E-state index in [-0.39, 0.29) is 12.6 Å². The van der Waals surface area contributed by atoms with Gasteiger partial charge in [-0.15, -0.1) is 0 Å². The fraction of sp³-hybridized carbons (Fsp3) is 0.909. The average molecular weight is 216 g/mol. The molecule has 0 aliphatic heterocycles. The molecule has 0 saturated carbocycles. The van der Waals surface area contributed by atoms with Crippen LogP contribution in [-0.4, -0.2) is 30.8 Å². The molecule has 4 heteroatoms. The minimum atomic E-state index is -0.121. The molecule has 4 nitrogen and oxygen atoms in total. The Labute approximate surface area is 92.4 Å². The van der Waals surface area contributed by atoms with Crippen LogP contribution >= 0.6 is 0 Å². The molecule has 0 aliphatic carbocycles. The largest absolute Gasteiger partial charge is 0.396 e. The van der Waals surface area contributed by atoms with Gasteiger partial charge in [-0.2, -0.15) is 0 Å². The fourth-order valence-corrected chi connectivity index (χ4v) is 1.61. The van der Waals surface area contributed by atoms with Gasteiger partial charge in [0.15, 0.2) is 0 Å². The monoisotopic (exact) mass is 216 g/mol. The van der Waals surface area contributed by atoms with Gasteiger partial charge in [0.25, 0.3) is 0 Å². The number of aliphatic hydroxyl groups excluding tert-OH is 1. The van der Waals surface area contributed by atoms with Crippen molar-refractivity contribution in [2.75, 3.05) is 19.7 Å². The molecule has 0 aliphatic rings. The number of carbonyl (C=O) groups excluding carboxylic acids is 1. The summed E-state index contributed by atoms with van der Waals surface area (Å²) < 4.78 is 0. The van der Waals surface area contributed by atoms with Crippen LogP contribution in [0.4, 0.5) is 4.79 Å². The van der Waals surface area contributed by atoms with Crippen LogP contribution in [0.15, 0.2) is 0 Å². The van der Waals surface area contributed by atoms with Crippen molar-refractivity contribution in [3.8, 4) is 0 Å². The van der Waals surface area contributed by atoms with Crippen LogP contribution in [0, 0.1) is 11.8 Å². The van der Waals surface area contributed by atoms with Crippen molar-refractivity contribution in [2.45, 2.75) is 33.6 Å². The third-order valence-electron chi connectivity index (χ3n) is 2.23. The zero-order chi connectivity index (χ0) is 11.7. The van der Waals surface area contributed by atoms with Gasteiger partial charge in [0, 0.05) is 19.7 Å². The highest BCUT2D eigenvalue weighted by atomic mass is 16.3. The Morgan fingerprint density at radius 3 is 2.47 bits per heavy atom. The number of hydrogen-bond donors (Lipinski definition) is 3. The van der Waals surface area contributed by atoms with Gasteiger partial charge in [-0.05, 0) is 31.6 Å². The maximum atomic E-state index is 11.2. The van der Waals surface area contributed by atoms with Crippen molar-refractivity contribution in [1.29, 1.82) is 0 Å². The summed E-state index contributed by atoms with van der Waals surface area (Å²) in [4.78, 5) is 11.2. The number of rotatable bonds is 7. The summed E-state index contributed by atoms with van der Waals surface area (Å²) in [6, 6.07) is -0.121. The Hall–Kier alpha value is -0.770. The molecule has 3 N–H and O–H groups in total. The van der Waals surface area contributed by atoms with Gasteiger partial charge in [-0.1, -0.05) is 13.8 Å². The molecular formula is C11H24N2O2. The number of nitrogens with one attached hydrogen (secondary N) is 2. The Morgan fingerprint density at radius 1 is 1.33 bits per heavy atom. The van der Waals surface area contributed by atoms with Crippen molar-refractivity contribution in [1.82, 2.24) is 10.6 Å². The summed E-state index contributed by atoms with van der Waals surface area (Å²) in [5.41, 5.74) is 0. The molecule has 1 unspecified atom stereocenters. The van der Waals surface area contributed by atoms with Crippen molar-refractivity contribution < 1.29 is 9.90 Å². The molecule has 0 radical (unpaired) electrons. The first kappa shape index (κ1) is 14.2. The molecule has 0 rings (SSSR count). The summed E-state index contributed by atoms with van der Waals surface area (Å²) >= 11 is 0. The second kappa shape index (κ2) is 8.53. The summed E-state index contributed by atoms with van der Waals surface area (Å²) in [6.07, 6.45) is 1.79. The van der Waals surface area contributed by atoms with E-state index in [1.807, 2.05) is 6.92 Å². The molecule has 90 valence electrons. The quantitative estimate of drug-likeness (QED) is 0.601. The van der Waals surface area contributed by atoms with Gasteiger partial charge in [-0.25, -0.2) is 4.79 Å². The molecule has 0 heterocycles. The molecule has 1 atom stereocenters. The topological polar surface area (TPSA) is 61.4 Å². The Kier molecular flexibility index (Phi) is 8.09. The van der Waals surface area contributed by atoms with Gasteiger partial charge in [-0.3, -0.25) is 0 Å². The molecule has 0 bridgehead atoms. The summed E-state index contributed by atoms with van der Waals surface area (Å²) in [5, 5.41) is 14.4. The maximum Gasteiger partial charge on any atom is 0.314 e. The van der Waals surface area contributed by atoms with Crippen LogP contribution in [0.25, 0.3) is 0 Å². The highest BCUT2D eigenvalue weighted by Crippen LogP contribution is 2.13. The van der Waals surface area contributed by atoms with Crippen molar-refractivity contribution >= 4 is 6.03 Å². The zero-order valence-corrected chi connectivity index (χ0v) is 10.0. The molecule has 0 aromatic heterocycles. The van der Waals surface area contributed by atoms with Crippen LogP contribution in [-0.2, 0) is 0 Å². The van der Waals surface area contributed by atoms with E-state index in [4.69, 9.17) is 5.11 Å². The van der Waals surface area contributed by atoms with Crippen LogP contribution < -0.4 is 10.6 Å². The molecule has 0 aromatic carbocycles. The first-order chi connectivity index (χ1) is 7.10. The molecule has 2 amide bonds. The van der Waals surface area contributed by atoms with E-state index in [1.54, 1.807) is 0 Å². The summed E-state index contributed by atoms with van der Waals surface area (Å²) in [6.45, 7) is 7.66. The number of amides is 2. The molecule has 0 fully saturated rings. The number of hydrogen-bond acceptors (Lipinski definition) is 2. The Balaban J connectivity index is 3.78. The van der Waals surface area contributed by atoms with E-state index < -0.39 is 0 Å². The Bertz CT molecular complexity index is 172. The van der Waals surface area contributed by atoms with E-state index in [2.05, 4.69) is 24.5 Å². The summed E-state index contributed by atoms with van der Waals surface area (Å²) in [7, 11) is 0. The van der Waals surface area contributed by atoms with Gasteiger partial charge < -0.3 is 15.7 Å². The second-order valence-electron chi connectivity index (χ2n) is 4.25. The van der Waals surface area contributed by atoms with E-state index in [0.717, 1.165) is 12.8 Å². The SMILES string of the molecule is CCNC(=O)NCC(CCO)CC(C)C. The van der Waals surface area contributed by atoms with Crippen LogP contribution in [0.1, 0.15) is 33.6 Å². The minimum absolute atomic E-state index is 0.121. The standard InChI is InChI=1S/C11H24N2O2/c1-4-12-11(15)13-8-10(5-6-14)7-9(2)3/h9-10,14H,4-8H2,1-3H3,(H2,12,13,15). The lowest BCUT2D eigenvalue weighted by molar-refractivity contribution is 0.225. The van der Waals surface area contributed by atoms with Crippen molar-refractivity contribution in [2.24, 2.45) is 11.8 Å². The normalized spacial score (nSPS) is 12.6. The Morgan fingerprint density at radius 2 is 2.00 bits per heavy atom. The lowest BCUT2D eigenvalue weighted by Crippen LogP contribution is -2.38. The molecule has 15 heavy (non-hydrogen) atoms. The third-order valence-corrected chi connectivity index (χ3v) is 2.23. The van der Waals surface area contributed by atoms with E-state index in [0.29, 0.717) is 24.9 Å². The maximum absolute atomic E-state index is 11.2. The van der Waals surface area contributed by atoms with Gasteiger partial charge >= 0.3 is 6.03 Å². The van der Waals surface area contributed by atoms with E-state index in [9.17, 15) is 4.79 Å². The highest BCUT2D eigenvalue weighted by Gasteiger charge is 2.11. The predicted octanol–water partition coefficient (Wildman–Crippen LogP) is 1.35.